The summed E-state index contributed by atoms with van der Waals surface area (Å²) in [4.78, 5) is 17.8. The molecule has 2 rings (SSSR count). The molecule has 0 aliphatic carbocycles. The number of guanidine groups is 1. The summed E-state index contributed by atoms with van der Waals surface area (Å²) in [5, 5.41) is 6.12. The molecule has 1 aromatic rings. The van der Waals surface area contributed by atoms with Gasteiger partial charge in [0.05, 0.1) is 6.54 Å². The van der Waals surface area contributed by atoms with Crippen molar-refractivity contribution in [2.24, 2.45) is 4.99 Å². The lowest BCUT2D eigenvalue weighted by Crippen LogP contribution is -2.40. The van der Waals surface area contributed by atoms with E-state index in [1.807, 2.05) is 0 Å². The number of hydrogen-bond acceptors (Lipinski definition) is 2. The highest BCUT2D eigenvalue weighted by Crippen LogP contribution is 2.26. The molecule has 1 aliphatic rings. The van der Waals surface area contributed by atoms with Crippen molar-refractivity contribution < 1.29 is 4.79 Å². The summed E-state index contributed by atoms with van der Waals surface area (Å²) < 4.78 is 0. The van der Waals surface area contributed by atoms with Crippen LogP contribution in [0, 0.1) is 0 Å². The highest BCUT2D eigenvalue weighted by atomic mass is 127. The maximum Gasteiger partial charge on any atom is 0.216 e. The van der Waals surface area contributed by atoms with E-state index in [1.54, 1.807) is 0 Å². The summed E-state index contributed by atoms with van der Waals surface area (Å²) in [6.07, 6.45) is 1.15. The van der Waals surface area contributed by atoms with E-state index >= 15 is 0 Å². The second kappa shape index (κ2) is 10.5. The standard InChI is InChI=1S/C17H26N4O.HI/c1-3-18-17(20-11-10-19-14(2)22)21-12-9-16(13-21)15-7-5-4-6-8-15;/h4-8,16H,3,9-13H2,1-2H3,(H,18,20)(H,19,22);1H. The zero-order valence-corrected chi connectivity index (χ0v) is 16.2. The molecule has 1 aromatic carbocycles. The molecule has 0 radical (unpaired) electrons. The van der Waals surface area contributed by atoms with Crippen molar-refractivity contribution in [2.45, 2.75) is 26.2 Å². The Bertz CT molecular complexity index is 507. The van der Waals surface area contributed by atoms with Crippen molar-refractivity contribution in [3.63, 3.8) is 0 Å². The van der Waals surface area contributed by atoms with Crippen LogP contribution in [0.3, 0.4) is 0 Å². The van der Waals surface area contributed by atoms with Crippen molar-refractivity contribution in [1.82, 2.24) is 15.5 Å². The van der Waals surface area contributed by atoms with Crippen molar-refractivity contribution in [3.05, 3.63) is 35.9 Å². The van der Waals surface area contributed by atoms with Crippen LogP contribution >= 0.6 is 24.0 Å². The quantitative estimate of drug-likeness (QED) is 0.326. The van der Waals surface area contributed by atoms with Gasteiger partial charge in [-0.15, -0.1) is 24.0 Å². The van der Waals surface area contributed by atoms with Gasteiger partial charge in [-0.05, 0) is 18.9 Å². The molecule has 0 spiro atoms. The molecule has 0 aromatic heterocycles. The number of aliphatic imine (C=N–C) groups is 1. The lowest BCUT2D eigenvalue weighted by Gasteiger charge is -2.21. The lowest BCUT2D eigenvalue weighted by atomic mass is 9.99. The molecule has 128 valence electrons. The SMILES string of the molecule is CCNC(=NCCNC(C)=O)N1CCC(c2ccccc2)C1.I. The van der Waals surface area contributed by atoms with Gasteiger partial charge >= 0.3 is 0 Å². The molecule has 1 aliphatic heterocycles. The molecular formula is C17H27IN4O. The Morgan fingerprint density at radius 1 is 1.30 bits per heavy atom. The number of halogens is 1. The molecule has 1 saturated heterocycles. The van der Waals surface area contributed by atoms with E-state index in [0.717, 1.165) is 32.0 Å². The van der Waals surface area contributed by atoms with Gasteiger partial charge in [0.15, 0.2) is 5.96 Å². The van der Waals surface area contributed by atoms with Gasteiger partial charge in [-0.25, -0.2) is 0 Å². The van der Waals surface area contributed by atoms with Crippen LogP contribution in [0.1, 0.15) is 31.7 Å². The van der Waals surface area contributed by atoms with Crippen LogP contribution in [0.2, 0.25) is 0 Å². The predicted molar refractivity (Wildman–Crippen MR) is 105 cm³/mol. The number of nitrogens with one attached hydrogen (secondary N) is 2. The van der Waals surface area contributed by atoms with E-state index in [2.05, 4.69) is 57.8 Å². The smallest absolute Gasteiger partial charge is 0.216 e. The molecule has 0 bridgehead atoms. The summed E-state index contributed by atoms with van der Waals surface area (Å²) in [6.45, 7) is 7.66. The first-order valence-corrected chi connectivity index (χ1v) is 8.03. The minimum absolute atomic E-state index is 0. The predicted octanol–water partition coefficient (Wildman–Crippen LogP) is 2.20. The molecular weight excluding hydrogens is 403 g/mol. The highest BCUT2D eigenvalue weighted by molar-refractivity contribution is 14.0. The van der Waals surface area contributed by atoms with Crippen LogP contribution in [-0.2, 0) is 4.79 Å². The Morgan fingerprint density at radius 3 is 2.70 bits per heavy atom. The summed E-state index contributed by atoms with van der Waals surface area (Å²) in [5.74, 6) is 1.51. The summed E-state index contributed by atoms with van der Waals surface area (Å²) in [7, 11) is 0. The fourth-order valence-electron chi connectivity index (χ4n) is 2.77. The van der Waals surface area contributed by atoms with Gasteiger partial charge < -0.3 is 15.5 Å². The molecule has 1 heterocycles. The second-order valence-corrected chi connectivity index (χ2v) is 5.56. The van der Waals surface area contributed by atoms with Gasteiger partial charge in [-0.3, -0.25) is 9.79 Å². The molecule has 2 N–H and O–H groups in total. The Labute approximate surface area is 156 Å². The average molecular weight is 430 g/mol. The zero-order chi connectivity index (χ0) is 15.8. The fourth-order valence-corrected chi connectivity index (χ4v) is 2.77. The Morgan fingerprint density at radius 2 is 2.04 bits per heavy atom. The van der Waals surface area contributed by atoms with Crippen LogP contribution < -0.4 is 10.6 Å². The first-order chi connectivity index (χ1) is 10.7. The third kappa shape index (κ3) is 6.37. The van der Waals surface area contributed by atoms with E-state index in [9.17, 15) is 4.79 Å². The Hall–Kier alpha value is -1.31. The van der Waals surface area contributed by atoms with Gasteiger partial charge in [0.25, 0.3) is 0 Å². The van der Waals surface area contributed by atoms with E-state index in [-0.39, 0.29) is 29.9 Å². The maximum absolute atomic E-state index is 10.9. The third-order valence-corrected chi connectivity index (χ3v) is 3.84. The van der Waals surface area contributed by atoms with Crippen LogP contribution in [0.4, 0.5) is 0 Å². The number of benzene rings is 1. The summed E-state index contributed by atoms with van der Waals surface area (Å²) in [5.41, 5.74) is 1.40. The maximum atomic E-state index is 10.9. The number of hydrogen-bond donors (Lipinski definition) is 2. The molecule has 23 heavy (non-hydrogen) atoms. The molecule has 1 fully saturated rings. The van der Waals surface area contributed by atoms with Crippen LogP contribution in [-0.4, -0.2) is 49.5 Å². The second-order valence-electron chi connectivity index (χ2n) is 5.56. The number of nitrogens with zero attached hydrogens (tertiary/aromatic N) is 2. The van der Waals surface area contributed by atoms with Crippen molar-refractivity contribution >= 4 is 35.8 Å². The zero-order valence-electron chi connectivity index (χ0n) is 13.9. The van der Waals surface area contributed by atoms with Gasteiger partial charge in [0.2, 0.25) is 5.91 Å². The van der Waals surface area contributed by atoms with E-state index in [4.69, 9.17) is 0 Å². The molecule has 5 nitrogen and oxygen atoms in total. The van der Waals surface area contributed by atoms with Crippen molar-refractivity contribution in [2.75, 3.05) is 32.7 Å². The molecule has 1 atom stereocenters. The Balaban J connectivity index is 0.00000264. The minimum atomic E-state index is -0.00878. The topological polar surface area (TPSA) is 56.7 Å². The van der Waals surface area contributed by atoms with Gasteiger partial charge in [-0.1, -0.05) is 30.3 Å². The first-order valence-electron chi connectivity index (χ1n) is 8.03. The largest absolute Gasteiger partial charge is 0.357 e. The first kappa shape index (κ1) is 19.7. The fraction of sp³-hybridized carbons (Fsp3) is 0.529. The summed E-state index contributed by atoms with van der Waals surface area (Å²) in [6, 6.07) is 10.7. The van der Waals surface area contributed by atoms with Crippen molar-refractivity contribution in [1.29, 1.82) is 0 Å². The van der Waals surface area contributed by atoms with Crippen LogP contribution in [0.5, 0.6) is 0 Å². The lowest BCUT2D eigenvalue weighted by molar-refractivity contribution is -0.118. The van der Waals surface area contributed by atoms with Gasteiger partial charge in [-0.2, -0.15) is 0 Å². The monoisotopic (exact) mass is 430 g/mol. The Kier molecular flexibility index (Phi) is 8.98. The molecule has 1 amide bonds. The summed E-state index contributed by atoms with van der Waals surface area (Å²) >= 11 is 0. The molecule has 6 heteroatoms. The molecule has 1 unspecified atom stereocenters. The van der Waals surface area contributed by atoms with Gasteiger partial charge in [0, 0.05) is 39.0 Å². The number of carbonyl (C=O) groups excluding carboxylic acids is 1. The van der Waals surface area contributed by atoms with Crippen LogP contribution in [0.25, 0.3) is 0 Å². The minimum Gasteiger partial charge on any atom is -0.357 e. The number of rotatable bonds is 5. The van der Waals surface area contributed by atoms with E-state index < -0.39 is 0 Å². The third-order valence-electron chi connectivity index (χ3n) is 3.84. The van der Waals surface area contributed by atoms with Crippen LogP contribution in [0.15, 0.2) is 35.3 Å². The highest BCUT2D eigenvalue weighted by Gasteiger charge is 2.25. The normalized spacial score (nSPS) is 17.6. The van der Waals surface area contributed by atoms with E-state index in [1.165, 1.54) is 12.5 Å². The molecule has 0 saturated carbocycles. The number of amides is 1. The van der Waals surface area contributed by atoms with E-state index in [0.29, 0.717) is 19.0 Å². The van der Waals surface area contributed by atoms with Crippen molar-refractivity contribution in [3.8, 4) is 0 Å². The number of likely N-dealkylation sites (tertiary alicyclic amines) is 1. The van der Waals surface area contributed by atoms with Gasteiger partial charge in [0.1, 0.15) is 0 Å². The number of carbonyl (C=O) groups is 1. The average Bonchev–Trinajstić information content (AvgIpc) is 3.01.